The van der Waals surface area contributed by atoms with Gasteiger partial charge in [-0.15, -0.1) is 0 Å². The van der Waals surface area contributed by atoms with E-state index in [9.17, 15) is 33.4 Å². The van der Waals surface area contributed by atoms with Crippen LogP contribution in [-0.2, 0) is 6.18 Å². The maximum atomic E-state index is 12.7. The fourth-order valence-corrected chi connectivity index (χ4v) is 2.00. The fourth-order valence-electron chi connectivity index (χ4n) is 1.83. The zero-order valence-electron chi connectivity index (χ0n) is 11.5. The van der Waals surface area contributed by atoms with E-state index in [1.807, 2.05) is 0 Å². The average molecular weight is 362 g/mol. The van der Waals surface area contributed by atoms with Crippen molar-refractivity contribution in [2.75, 3.05) is 5.32 Å². The summed E-state index contributed by atoms with van der Waals surface area (Å²) < 4.78 is 38.2. The summed E-state index contributed by atoms with van der Waals surface area (Å²) in [6.45, 7) is 0. The first-order valence-corrected chi connectivity index (χ1v) is 6.54. The first kappa shape index (κ1) is 17.5. The number of benzene rings is 2. The van der Waals surface area contributed by atoms with Gasteiger partial charge in [-0.3, -0.25) is 20.2 Å². The second-order valence-corrected chi connectivity index (χ2v) is 4.94. The fraction of sp³-hybridized carbons (Fsp3) is 0.0769. The van der Waals surface area contributed by atoms with Gasteiger partial charge in [0.2, 0.25) is 0 Å². The highest BCUT2D eigenvalue weighted by atomic mass is 35.5. The van der Waals surface area contributed by atoms with Gasteiger partial charge in [0.1, 0.15) is 5.69 Å². The zero-order chi connectivity index (χ0) is 18.1. The van der Waals surface area contributed by atoms with Crippen LogP contribution < -0.4 is 5.32 Å². The molecule has 0 saturated carbocycles. The number of rotatable bonds is 4. The molecule has 1 N–H and O–H groups in total. The molecule has 11 heteroatoms. The molecule has 0 fully saturated rings. The summed E-state index contributed by atoms with van der Waals surface area (Å²) in [6.07, 6.45) is -4.62. The van der Waals surface area contributed by atoms with Crippen LogP contribution in [0.4, 0.5) is 35.9 Å². The second-order valence-electron chi connectivity index (χ2n) is 4.53. The van der Waals surface area contributed by atoms with E-state index >= 15 is 0 Å². The molecule has 0 aliphatic rings. The summed E-state index contributed by atoms with van der Waals surface area (Å²) in [5, 5.41) is 24.0. The van der Waals surface area contributed by atoms with E-state index in [1.165, 1.54) is 0 Å². The summed E-state index contributed by atoms with van der Waals surface area (Å²) in [6, 6.07) is 5.14. The molecule has 7 nitrogen and oxygen atoms in total. The molecule has 0 atom stereocenters. The van der Waals surface area contributed by atoms with Gasteiger partial charge in [-0.25, -0.2) is 0 Å². The SMILES string of the molecule is O=[N+]([O-])c1ccc(Nc2cc(C(F)(F)F)ccc2Cl)c([N+](=O)[O-])c1. The van der Waals surface area contributed by atoms with Crippen molar-refractivity contribution in [1.29, 1.82) is 0 Å². The Kier molecular flexibility index (Phi) is 4.60. The van der Waals surface area contributed by atoms with Crippen molar-refractivity contribution in [3.05, 3.63) is 67.2 Å². The Hall–Kier alpha value is -2.88. The number of alkyl halides is 3. The summed E-state index contributed by atoms with van der Waals surface area (Å²) in [7, 11) is 0. The molecular weight excluding hydrogens is 355 g/mol. The standard InChI is InChI=1S/C13H7ClF3N3O4/c14-9-3-1-7(13(15,16)17)5-11(9)18-10-4-2-8(19(21)22)6-12(10)20(23)24/h1-6,18H. The Morgan fingerprint density at radius 3 is 2.17 bits per heavy atom. The van der Waals surface area contributed by atoms with Crippen LogP contribution in [0.2, 0.25) is 5.02 Å². The molecule has 0 aliphatic carbocycles. The van der Waals surface area contributed by atoms with Crippen LogP contribution in [-0.4, -0.2) is 9.85 Å². The molecule has 0 bridgehead atoms. The van der Waals surface area contributed by atoms with Crippen LogP contribution in [0.25, 0.3) is 0 Å². The highest BCUT2D eigenvalue weighted by molar-refractivity contribution is 6.33. The normalized spacial score (nSPS) is 11.2. The van der Waals surface area contributed by atoms with E-state index < -0.39 is 33.0 Å². The van der Waals surface area contributed by atoms with Gasteiger partial charge < -0.3 is 5.32 Å². The van der Waals surface area contributed by atoms with E-state index in [1.54, 1.807) is 0 Å². The number of nitrogens with zero attached hydrogens (tertiary/aromatic N) is 2. The third-order valence-electron chi connectivity index (χ3n) is 2.95. The lowest BCUT2D eigenvalue weighted by atomic mass is 10.1. The zero-order valence-corrected chi connectivity index (χ0v) is 12.3. The summed E-state index contributed by atoms with van der Waals surface area (Å²) in [4.78, 5) is 20.0. The molecular formula is C13H7ClF3N3O4. The summed E-state index contributed by atoms with van der Waals surface area (Å²) >= 11 is 5.80. The topological polar surface area (TPSA) is 98.3 Å². The van der Waals surface area contributed by atoms with Gasteiger partial charge in [0.15, 0.2) is 0 Å². The molecule has 0 amide bonds. The van der Waals surface area contributed by atoms with Crippen molar-refractivity contribution in [3.8, 4) is 0 Å². The minimum Gasteiger partial charge on any atom is -0.349 e. The molecule has 126 valence electrons. The molecule has 2 rings (SSSR count). The van der Waals surface area contributed by atoms with Gasteiger partial charge in [-0.2, -0.15) is 13.2 Å². The Bertz CT molecular complexity index is 827. The van der Waals surface area contributed by atoms with Crippen molar-refractivity contribution in [2.24, 2.45) is 0 Å². The smallest absolute Gasteiger partial charge is 0.349 e. The van der Waals surface area contributed by atoms with Gasteiger partial charge in [0, 0.05) is 6.07 Å². The lowest BCUT2D eigenvalue weighted by Gasteiger charge is -2.12. The van der Waals surface area contributed by atoms with Crippen LogP contribution in [0.5, 0.6) is 0 Å². The number of nitro groups is 2. The number of hydrogen-bond acceptors (Lipinski definition) is 5. The van der Waals surface area contributed by atoms with E-state index in [2.05, 4.69) is 5.32 Å². The van der Waals surface area contributed by atoms with Crippen molar-refractivity contribution >= 4 is 34.4 Å². The minimum atomic E-state index is -4.62. The Morgan fingerprint density at radius 2 is 1.62 bits per heavy atom. The number of hydrogen-bond donors (Lipinski definition) is 1. The van der Waals surface area contributed by atoms with E-state index in [-0.39, 0.29) is 16.4 Å². The highest BCUT2D eigenvalue weighted by Crippen LogP contribution is 2.37. The molecule has 0 aromatic heterocycles. The first-order valence-electron chi connectivity index (χ1n) is 6.16. The number of nitro benzene ring substituents is 2. The molecule has 0 radical (unpaired) electrons. The first-order chi connectivity index (χ1) is 11.1. The van der Waals surface area contributed by atoms with Crippen molar-refractivity contribution < 1.29 is 23.0 Å². The maximum absolute atomic E-state index is 12.7. The van der Waals surface area contributed by atoms with Crippen LogP contribution in [0.3, 0.4) is 0 Å². The molecule has 0 aliphatic heterocycles. The van der Waals surface area contributed by atoms with Crippen LogP contribution >= 0.6 is 11.6 Å². The monoisotopic (exact) mass is 361 g/mol. The maximum Gasteiger partial charge on any atom is 0.416 e. The van der Waals surface area contributed by atoms with Gasteiger partial charge >= 0.3 is 6.18 Å². The molecule has 0 spiro atoms. The third kappa shape index (κ3) is 3.71. The van der Waals surface area contributed by atoms with Crippen molar-refractivity contribution in [1.82, 2.24) is 0 Å². The Balaban J connectivity index is 2.48. The Labute approximate surface area is 137 Å². The van der Waals surface area contributed by atoms with E-state index in [0.717, 1.165) is 24.3 Å². The average Bonchev–Trinajstić information content (AvgIpc) is 2.48. The number of nitrogens with one attached hydrogen (secondary N) is 1. The second kappa shape index (κ2) is 6.32. The molecule has 2 aromatic rings. The van der Waals surface area contributed by atoms with E-state index in [0.29, 0.717) is 12.1 Å². The number of non-ortho nitro benzene ring substituents is 1. The van der Waals surface area contributed by atoms with Crippen LogP contribution in [0.1, 0.15) is 5.56 Å². The van der Waals surface area contributed by atoms with Gasteiger partial charge in [0.25, 0.3) is 11.4 Å². The molecule has 24 heavy (non-hydrogen) atoms. The van der Waals surface area contributed by atoms with Crippen molar-refractivity contribution in [2.45, 2.75) is 6.18 Å². The quantitative estimate of drug-likeness (QED) is 0.615. The van der Waals surface area contributed by atoms with Gasteiger partial charge in [0.05, 0.1) is 32.2 Å². The predicted octanol–water partition coefficient (Wildman–Crippen LogP) is 4.92. The minimum absolute atomic E-state index is 0.101. The largest absolute Gasteiger partial charge is 0.416 e. The summed E-state index contributed by atoms with van der Waals surface area (Å²) in [5.74, 6) is 0. The molecule has 0 unspecified atom stereocenters. The summed E-state index contributed by atoms with van der Waals surface area (Å²) in [5.41, 5.74) is -2.64. The molecule has 0 saturated heterocycles. The van der Waals surface area contributed by atoms with Gasteiger partial charge in [-0.1, -0.05) is 11.6 Å². The third-order valence-corrected chi connectivity index (χ3v) is 3.28. The number of halogens is 4. The lowest BCUT2D eigenvalue weighted by Crippen LogP contribution is -2.06. The predicted molar refractivity (Wildman–Crippen MR) is 79.5 cm³/mol. The highest BCUT2D eigenvalue weighted by Gasteiger charge is 2.31. The van der Waals surface area contributed by atoms with Gasteiger partial charge in [-0.05, 0) is 24.3 Å². The molecule has 0 heterocycles. The Morgan fingerprint density at radius 1 is 0.958 bits per heavy atom. The lowest BCUT2D eigenvalue weighted by molar-refractivity contribution is -0.393. The van der Waals surface area contributed by atoms with Crippen molar-refractivity contribution in [3.63, 3.8) is 0 Å². The molecule has 2 aromatic carbocycles. The van der Waals surface area contributed by atoms with E-state index in [4.69, 9.17) is 11.6 Å². The van der Waals surface area contributed by atoms with Crippen LogP contribution in [0.15, 0.2) is 36.4 Å². The van der Waals surface area contributed by atoms with Crippen LogP contribution in [0, 0.1) is 20.2 Å². The number of anilines is 2.